The Morgan fingerprint density at radius 2 is 2.14 bits per heavy atom. The largest absolute Gasteiger partial charge is 0.384 e. The lowest BCUT2D eigenvalue weighted by atomic mass is 10.1. The lowest BCUT2D eigenvalue weighted by Crippen LogP contribution is -1.98. The lowest BCUT2D eigenvalue weighted by molar-refractivity contribution is 0.898. The number of pyridine rings is 1. The van der Waals surface area contributed by atoms with Crippen LogP contribution < -0.4 is 5.73 Å². The van der Waals surface area contributed by atoms with Gasteiger partial charge in [-0.15, -0.1) is 11.8 Å². The number of rotatable bonds is 6. The molecule has 110 valence electrons. The third-order valence-corrected chi connectivity index (χ3v) is 4.29. The summed E-state index contributed by atoms with van der Waals surface area (Å²) in [6.45, 7) is 5.95. The summed E-state index contributed by atoms with van der Waals surface area (Å²) in [4.78, 5) is 13.1. The van der Waals surface area contributed by atoms with Crippen molar-refractivity contribution in [1.82, 2.24) is 15.0 Å². The van der Waals surface area contributed by atoms with Crippen LogP contribution in [-0.2, 0) is 6.42 Å². The van der Waals surface area contributed by atoms with E-state index in [0.29, 0.717) is 5.82 Å². The van der Waals surface area contributed by atoms with Gasteiger partial charge in [0.15, 0.2) is 5.16 Å². The lowest BCUT2D eigenvalue weighted by Gasteiger charge is -2.05. The van der Waals surface area contributed by atoms with Crippen LogP contribution in [0.15, 0.2) is 41.2 Å². The summed E-state index contributed by atoms with van der Waals surface area (Å²) >= 11 is 3.16. The summed E-state index contributed by atoms with van der Waals surface area (Å²) in [7, 11) is 0. The van der Waals surface area contributed by atoms with Crippen molar-refractivity contribution in [1.29, 1.82) is 0 Å². The Balaban J connectivity index is 1.96. The molecule has 0 atom stereocenters. The number of nitrogen functional groups attached to an aromatic ring is 1. The molecule has 2 N–H and O–H groups in total. The minimum absolute atomic E-state index is 0.513. The van der Waals surface area contributed by atoms with Crippen LogP contribution in [0, 0.1) is 0 Å². The van der Waals surface area contributed by atoms with E-state index in [9.17, 15) is 0 Å². The van der Waals surface area contributed by atoms with Crippen molar-refractivity contribution in [3.63, 3.8) is 0 Å². The summed E-state index contributed by atoms with van der Waals surface area (Å²) in [6, 6.07) is 5.84. The normalized spacial score (nSPS) is 10.6. The number of allylic oxidation sites excluding steroid dienone is 1. The van der Waals surface area contributed by atoms with Gasteiger partial charge in [0, 0.05) is 23.7 Å². The molecule has 0 amide bonds. The van der Waals surface area contributed by atoms with E-state index in [1.54, 1.807) is 29.6 Å². The van der Waals surface area contributed by atoms with Crippen LogP contribution in [0.25, 0.3) is 5.57 Å². The fourth-order valence-corrected chi connectivity index (χ4v) is 3.02. The summed E-state index contributed by atoms with van der Waals surface area (Å²) in [6.07, 6.45) is 4.66. The van der Waals surface area contributed by atoms with Crippen LogP contribution in [0.4, 0.5) is 5.82 Å². The third-order valence-electron chi connectivity index (χ3n) is 2.81. The van der Waals surface area contributed by atoms with Gasteiger partial charge in [0.1, 0.15) is 10.8 Å². The summed E-state index contributed by atoms with van der Waals surface area (Å²) in [5.41, 5.74) is 9.01. The molecule has 6 heteroatoms. The second kappa shape index (κ2) is 7.47. The highest BCUT2D eigenvalue weighted by Gasteiger charge is 2.04. The molecule has 0 fully saturated rings. The van der Waals surface area contributed by atoms with E-state index in [-0.39, 0.29) is 0 Å². The van der Waals surface area contributed by atoms with Crippen molar-refractivity contribution in [2.45, 2.75) is 23.5 Å². The quantitative estimate of drug-likeness (QED) is 0.499. The molecule has 21 heavy (non-hydrogen) atoms. The number of thioether (sulfide) groups is 2. The third kappa shape index (κ3) is 4.75. The predicted molar refractivity (Wildman–Crippen MR) is 91.6 cm³/mol. The first kappa shape index (κ1) is 15.9. The average Bonchev–Trinajstić information content (AvgIpc) is 2.47. The van der Waals surface area contributed by atoms with E-state index in [2.05, 4.69) is 27.6 Å². The number of anilines is 1. The Labute approximate surface area is 133 Å². The minimum atomic E-state index is 0.513. The van der Waals surface area contributed by atoms with Crippen LogP contribution in [0.3, 0.4) is 0 Å². The maximum Gasteiger partial charge on any atom is 0.190 e. The van der Waals surface area contributed by atoms with Crippen LogP contribution in [0.2, 0.25) is 0 Å². The Hall–Kier alpha value is -1.53. The van der Waals surface area contributed by atoms with E-state index in [0.717, 1.165) is 39.2 Å². The zero-order chi connectivity index (χ0) is 15.2. The van der Waals surface area contributed by atoms with Gasteiger partial charge in [-0.25, -0.2) is 9.97 Å². The van der Waals surface area contributed by atoms with Gasteiger partial charge in [-0.1, -0.05) is 23.9 Å². The van der Waals surface area contributed by atoms with Crippen molar-refractivity contribution < 1.29 is 0 Å². The molecule has 0 spiro atoms. The number of hydrogen-bond acceptors (Lipinski definition) is 6. The molecular weight excluding hydrogens is 300 g/mol. The summed E-state index contributed by atoms with van der Waals surface area (Å²) < 4.78 is 0. The van der Waals surface area contributed by atoms with Crippen LogP contribution in [-0.4, -0.2) is 27.0 Å². The SMILES string of the molecule is C=C(C)c1ccnc(CCSc2nc(N)cc(SC)n2)c1. The second-order valence-corrected chi connectivity index (χ2v) is 6.42. The van der Waals surface area contributed by atoms with Crippen molar-refractivity contribution in [3.8, 4) is 0 Å². The Bertz CT molecular complexity index is 643. The maximum atomic E-state index is 5.77. The van der Waals surface area contributed by atoms with Gasteiger partial charge in [0.05, 0.1) is 0 Å². The fourth-order valence-electron chi connectivity index (χ4n) is 1.72. The predicted octanol–water partition coefficient (Wildman–Crippen LogP) is 3.54. The highest BCUT2D eigenvalue weighted by atomic mass is 32.2. The van der Waals surface area contributed by atoms with Crippen molar-refractivity contribution in [2.75, 3.05) is 17.7 Å². The molecule has 0 aliphatic carbocycles. The molecule has 0 radical (unpaired) electrons. The monoisotopic (exact) mass is 318 g/mol. The molecule has 4 nitrogen and oxygen atoms in total. The van der Waals surface area contributed by atoms with Gasteiger partial charge in [0.25, 0.3) is 0 Å². The summed E-state index contributed by atoms with van der Waals surface area (Å²) in [5.74, 6) is 1.38. The highest BCUT2D eigenvalue weighted by Crippen LogP contribution is 2.21. The van der Waals surface area contributed by atoms with Crippen molar-refractivity contribution >= 4 is 34.9 Å². The maximum absolute atomic E-state index is 5.77. The standard InChI is InChI=1S/C15H18N4S2/c1-10(2)11-4-6-17-12(8-11)5-7-21-15-18-13(16)9-14(19-15)20-3/h4,6,8-9H,1,5,7H2,2-3H3,(H2,16,18,19). The molecule has 0 unspecified atom stereocenters. The van der Waals surface area contributed by atoms with Crippen LogP contribution in [0.1, 0.15) is 18.2 Å². The Morgan fingerprint density at radius 1 is 1.33 bits per heavy atom. The van der Waals surface area contributed by atoms with Gasteiger partial charge in [0.2, 0.25) is 0 Å². The number of hydrogen-bond donors (Lipinski definition) is 1. The van der Waals surface area contributed by atoms with Gasteiger partial charge in [-0.2, -0.15) is 0 Å². The van der Waals surface area contributed by atoms with E-state index in [4.69, 9.17) is 5.73 Å². The molecule has 2 aromatic heterocycles. The molecule has 2 aromatic rings. The zero-order valence-electron chi connectivity index (χ0n) is 12.2. The topological polar surface area (TPSA) is 64.7 Å². The molecular formula is C15H18N4S2. The molecule has 0 saturated heterocycles. The van der Waals surface area contributed by atoms with Crippen molar-refractivity contribution in [3.05, 3.63) is 42.2 Å². The van der Waals surface area contributed by atoms with Gasteiger partial charge < -0.3 is 5.73 Å². The Morgan fingerprint density at radius 3 is 2.86 bits per heavy atom. The zero-order valence-corrected chi connectivity index (χ0v) is 13.8. The molecule has 0 aliphatic heterocycles. The van der Waals surface area contributed by atoms with Crippen LogP contribution in [0.5, 0.6) is 0 Å². The van der Waals surface area contributed by atoms with E-state index >= 15 is 0 Å². The molecule has 0 aliphatic rings. The number of aromatic nitrogens is 3. The first-order valence-electron chi connectivity index (χ1n) is 6.50. The first-order chi connectivity index (χ1) is 10.1. The fraction of sp³-hybridized carbons (Fsp3) is 0.267. The average molecular weight is 318 g/mol. The molecule has 0 saturated carbocycles. The molecule has 0 aromatic carbocycles. The highest BCUT2D eigenvalue weighted by molar-refractivity contribution is 7.99. The van der Waals surface area contributed by atoms with Gasteiger partial charge in [-0.05, 0) is 37.3 Å². The van der Waals surface area contributed by atoms with E-state index < -0.39 is 0 Å². The molecule has 2 rings (SSSR count). The minimum Gasteiger partial charge on any atom is -0.384 e. The first-order valence-corrected chi connectivity index (χ1v) is 8.71. The van der Waals surface area contributed by atoms with E-state index in [1.807, 2.05) is 25.4 Å². The smallest absolute Gasteiger partial charge is 0.190 e. The molecule has 2 heterocycles. The van der Waals surface area contributed by atoms with E-state index in [1.165, 1.54) is 0 Å². The Kier molecular flexibility index (Phi) is 5.64. The van der Waals surface area contributed by atoms with Gasteiger partial charge in [-0.3, -0.25) is 4.98 Å². The number of nitrogens with zero attached hydrogens (tertiary/aromatic N) is 3. The van der Waals surface area contributed by atoms with Crippen LogP contribution >= 0.6 is 23.5 Å². The number of nitrogens with two attached hydrogens (primary N) is 1. The summed E-state index contributed by atoms with van der Waals surface area (Å²) in [5, 5.41) is 1.61. The van der Waals surface area contributed by atoms with Crippen molar-refractivity contribution in [2.24, 2.45) is 0 Å². The molecule has 0 bridgehead atoms. The number of aryl methyl sites for hydroxylation is 1. The van der Waals surface area contributed by atoms with Gasteiger partial charge >= 0.3 is 0 Å². The second-order valence-electron chi connectivity index (χ2n) is 4.53.